The van der Waals surface area contributed by atoms with E-state index in [-0.39, 0.29) is 17.4 Å². The average Bonchev–Trinajstić information content (AvgIpc) is 3.14. The van der Waals surface area contributed by atoms with Crippen molar-refractivity contribution in [2.45, 2.75) is 26.2 Å². The third-order valence-electron chi connectivity index (χ3n) is 5.25. The second kappa shape index (κ2) is 7.91. The molecule has 1 saturated heterocycles. The number of aromatic amines is 1. The first-order valence-electron chi connectivity index (χ1n) is 9.82. The summed E-state index contributed by atoms with van der Waals surface area (Å²) in [7, 11) is 0. The number of carbonyl (C=O) groups is 2. The van der Waals surface area contributed by atoms with Crippen LogP contribution in [0.4, 0.5) is 5.69 Å². The molecule has 0 unspecified atom stereocenters. The number of nitrogens with zero attached hydrogens (tertiary/aromatic N) is 1. The van der Waals surface area contributed by atoms with E-state index >= 15 is 0 Å². The number of pyridine rings is 1. The highest BCUT2D eigenvalue weighted by atomic mass is 16.2. The Labute approximate surface area is 168 Å². The van der Waals surface area contributed by atoms with Crippen LogP contribution in [0.2, 0.25) is 0 Å². The van der Waals surface area contributed by atoms with E-state index in [0.29, 0.717) is 37.1 Å². The molecule has 2 N–H and O–H groups in total. The quantitative estimate of drug-likeness (QED) is 0.704. The Morgan fingerprint density at radius 3 is 2.79 bits per heavy atom. The second-order valence-corrected chi connectivity index (χ2v) is 7.42. The SMILES string of the molecule is Cc1ccc2cc(CCNC(=O)c3cccc(N4CCCC4=O)c3)c(=O)[nH]c2c1. The van der Waals surface area contributed by atoms with E-state index in [1.165, 1.54) is 0 Å². The molecular weight excluding hydrogens is 366 g/mol. The Balaban J connectivity index is 1.42. The smallest absolute Gasteiger partial charge is 0.251 e. The molecule has 0 aliphatic carbocycles. The summed E-state index contributed by atoms with van der Waals surface area (Å²) in [6.07, 6.45) is 1.83. The Bertz CT molecular complexity index is 1150. The van der Waals surface area contributed by atoms with Crippen LogP contribution in [0.15, 0.2) is 53.3 Å². The van der Waals surface area contributed by atoms with Gasteiger partial charge >= 0.3 is 0 Å². The maximum atomic E-state index is 12.5. The fourth-order valence-corrected chi connectivity index (χ4v) is 3.69. The molecule has 1 aliphatic rings. The zero-order valence-electron chi connectivity index (χ0n) is 16.3. The van der Waals surface area contributed by atoms with Crippen LogP contribution in [0.3, 0.4) is 0 Å². The molecule has 1 fully saturated rings. The molecule has 3 aromatic rings. The molecular formula is C23H23N3O3. The monoisotopic (exact) mass is 389 g/mol. The standard InChI is InChI=1S/C23H23N3O3/c1-15-7-8-16-13-18(23(29)25-20(16)12-15)9-10-24-22(28)17-4-2-5-19(14-17)26-11-3-6-21(26)27/h2,4-5,7-8,12-14H,3,6,9-11H2,1H3,(H,24,28)(H,25,29). The average molecular weight is 389 g/mol. The number of H-pyrrole nitrogens is 1. The number of benzene rings is 2. The van der Waals surface area contributed by atoms with Crippen molar-refractivity contribution in [1.82, 2.24) is 10.3 Å². The summed E-state index contributed by atoms with van der Waals surface area (Å²) in [5.74, 6) is -0.125. The van der Waals surface area contributed by atoms with Crippen molar-refractivity contribution in [3.05, 3.63) is 75.6 Å². The zero-order chi connectivity index (χ0) is 20.4. The summed E-state index contributed by atoms with van der Waals surface area (Å²) in [6.45, 7) is 3.02. The Morgan fingerprint density at radius 1 is 1.14 bits per heavy atom. The minimum Gasteiger partial charge on any atom is -0.352 e. The number of nitrogens with one attached hydrogen (secondary N) is 2. The summed E-state index contributed by atoms with van der Waals surface area (Å²) < 4.78 is 0. The molecule has 6 nitrogen and oxygen atoms in total. The highest BCUT2D eigenvalue weighted by Crippen LogP contribution is 2.22. The van der Waals surface area contributed by atoms with Crippen LogP contribution in [0.5, 0.6) is 0 Å². The van der Waals surface area contributed by atoms with Gasteiger partial charge in [-0.2, -0.15) is 0 Å². The highest BCUT2D eigenvalue weighted by molar-refractivity contribution is 5.99. The van der Waals surface area contributed by atoms with E-state index in [0.717, 1.165) is 28.6 Å². The van der Waals surface area contributed by atoms with Gasteiger partial charge in [-0.3, -0.25) is 14.4 Å². The lowest BCUT2D eigenvalue weighted by Crippen LogP contribution is -2.28. The Kier molecular flexibility index (Phi) is 5.16. The van der Waals surface area contributed by atoms with E-state index in [1.54, 1.807) is 23.1 Å². The number of aryl methyl sites for hydroxylation is 1. The topological polar surface area (TPSA) is 82.3 Å². The molecule has 0 radical (unpaired) electrons. The van der Waals surface area contributed by atoms with E-state index < -0.39 is 0 Å². The van der Waals surface area contributed by atoms with Crippen molar-refractivity contribution in [2.75, 3.05) is 18.0 Å². The fourth-order valence-electron chi connectivity index (χ4n) is 3.69. The van der Waals surface area contributed by atoms with E-state index in [2.05, 4.69) is 10.3 Å². The summed E-state index contributed by atoms with van der Waals surface area (Å²) in [5.41, 5.74) is 3.67. The predicted molar refractivity (Wildman–Crippen MR) is 113 cm³/mol. The Hall–Kier alpha value is -3.41. The first-order valence-corrected chi connectivity index (χ1v) is 9.82. The van der Waals surface area contributed by atoms with Crippen LogP contribution in [0.25, 0.3) is 10.9 Å². The number of aromatic nitrogens is 1. The third kappa shape index (κ3) is 4.06. The molecule has 6 heteroatoms. The number of anilines is 1. The molecule has 4 rings (SSSR count). The summed E-state index contributed by atoms with van der Waals surface area (Å²) in [6, 6.07) is 14.9. The van der Waals surface area contributed by atoms with Crippen LogP contribution >= 0.6 is 0 Å². The molecule has 29 heavy (non-hydrogen) atoms. The van der Waals surface area contributed by atoms with Gasteiger partial charge in [0.1, 0.15) is 0 Å². The number of fused-ring (bicyclic) bond motifs is 1. The molecule has 1 aromatic heterocycles. The third-order valence-corrected chi connectivity index (χ3v) is 5.25. The number of carbonyl (C=O) groups excluding carboxylic acids is 2. The minimum atomic E-state index is -0.216. The van der Waals surface area contributed by atoms with Crippen LogP contribution in [-0.4, -0.2) is 29.9 Å². The van der Waals surface area contributed by atoms with Gasteiger partial charge in [0.2, 0.25) is 5.91 Å². The summed E-state index contributed by atoms with van der Waals surface area (Å²) >= 11 is 0. The second-order valence-electron chi connectivity index (χ2n) is 7.42. The highest BCUT2D eigenvalue weighted by Gasteiger charge is 2.22. The molecule has 0 atom stereocenters. The first-order chi connectivity index (χ1) is 14.0. The first kappa shape index (κ1) is 18.9. The van der Waals surface area contributed by atoms with E-state index in [1.807, 2.05) is 37.3 Å². The van der Waals surface area contributed by atoms with Gasteiger partial charge < -0.3 is 15.2 Å². The van der Waals surface area contributed by atoms with Crippen LogP contribution in [0.1, 0.15) is 34.3 Å². The largest absolute Gasteiger partial charge is 0.352 e. The number of hydrogen-bond donors (Lipinski definition) is 2. The molecule has 0 bridgehead atoms. The van der Waals surface area contributed by atoms with Crippen molar-refractivity contribution in [3.63, 3.8) is 0 Å². The van der Waals surface area contributed by atoms with Gasteiger partial charge in [-0.15, -0.1) is 0 Å². The van der Waals surface area contributed by atoms with Gasteiger partial charge in [-0.1, -0.05) is 18.2 Å². The Morgan fingerprint density at radius 2 is 2.00 bits per heavy atom. The molecule has 2 aromatic carbocycles. The minimum absolute atomic E-state index is 0.0910. The number of hydrogen-bond acceptors (Lipinski definition) is 3. The predicted octanol–water partition coefficient (Wildman–Crippen LogP) is 2.94. The van der Waals surface area contributed by atoms with Crippen molar-refractivity contribution in [2.24, 2.45) is 0 Å². The van der Waals surface area contributed by atoms with Crippen LogP contribution in [0, 0.1) is 6.92 Å². The molecule has 2 amide bonds. The summed E-state index contributed by atoms with van der Waals surface area (Å²) in [5, 5.41) is 3.84. The van der Waals surface area contributed by atoms with E-state index in [9.17, 15) is 14.4 Å². The molecule has 148 valence electrons. The lowest BCUT2D eigenvalue weighted by Gasteiger charge is -2.16. The van der Waals surface area contributed by atoms with Gasteiger partial charge in [0.25, 0.3) is 11.5 Å². The van der Waals surface area contributed by atoms with Crippen molar-refractivity contribution in [3.8, 4) is 0 Å². The summed E-state index contributed by atoms with van der Waals surface area (Å²) in [4.78, 5) is 41.4. The van der Waals surface area contributed by atoms with Gasteiger partial charge in [0, 0.05) is 41.8 Å². The molecule has 2 heterocycles. The van der Waals surface area contributed by atoms with Gasteiger partial charge in [-0.05, 0) is 61.0 Å². The van der Waals surface area contributed by atoms with Crippen LogP contribution < -0.4 is 15.8 Å². The van der Waals surface area contributed by atoms with E-state index in [4.69, 9.17) is 0 Å². The van der Waals surface area contributed by atoms with Crippen molar-refractivity contribution >= 4 is 28.4 Å². The number of rotatable bonds is 5. The van der Waals surface area contributed by atoms with Gasteiger partial charge in [-0.25, -0.2) is 0 Å². The maximum absolute atomic E-state index is 12.5. The fraction of sp³-hybridized carbons (Fsp3) is 0.261. The lowest BCUT2D eigenvalue weighted by atomic mass is 10.1. The van der Waals surface area contributed by atoms with Crippen molar-refractivity contribution < 1.29 is 9.59 Å². The van der Waals surface area contributed by atoms with Gasteiger partial charge in [0.05, 0.1) is 0 Å². The maximum Gasteiger partial charge on any atom is 0.251 e. The van der Waals surface area contributed by atoms with Crippen molar-refractivity contribution in [1.29, 1.82) is 0 Å². The molecule has 1 aliphatic heterocycles. The number of amides is 2. The lowest BCUT2D eigenvalue weighted by molar-refractivity contribution is -0.117. The zero-order valence-corrected chi connectivity index (χ0v) is 16.3. The molecule has 0 spiro atoms. The van der Waals surface area contributed by atoms with Crippen LogP contribution in [-0.2, 0) is 11.2 Å². The normalized spacial score (nSPS) is 13.8. The van der Waals surface area contributed by atoms with Gasteiger partial charge in [0.15, 0.2) is 0 Å². The molecule has 0 saturated carbocycles.